The van der Waals surface area contributed by atoms with E-state index in [1.807, 2.05) is 6.07 Å². The minimum absolute atomic E-state index is 0.208. The first kappa shape index (κ1) is 8.26. The number of carbonyl (C=O) groups is 1. The number of carbonyl (C=O) groups excluding carboxylic acids is 1. The molecule has 5 heteroatoms. The van der Waals surface area contributed by atoms with Gasteiger partial charge in [0.25, 0.3) is 0 Å². The average molecular weight is 186 g/mol. The number of para-hydroxylation sites is 1. The molecule has 0 radical (unpaired) electrons. The summed E-state index contributed by atoms with van der Waals surface area (Å²) in [5.74, 6) is 0. The second kappa shape index (κ2) is 2.85. The number of benzene rings is 1. The molecule has 0 spiro atoms. The molecular weight excluding hydrogens is 180 g/mol. The van der Waals surface area contributed by atoms with Gasteiger partial charge in [-0.2, -0.15) is 15.0 Å². The number of fused-ring (bicyclic) bond motifs is 1. The predicted molar refractivity (Wildman–Crippen MR) is 49.4 cm³/mol. The van der Waals surface area contributed by atoms with E-state index < -0.39 is 6.03 Å². The molecule has 2 rings (SSSR count). The Labute approximate surface area is 79.3 Å². The van der Waals surface area contributed by atoms with Crippen LogP contribution in [0.15, 0.2) is 24.3 Å². The molecule has 2 N–H and O–H groups in total. The van der Waals surface area contributed by atoms with E-state index in [1.165, 1.54) is 0 Å². The normalized spacial score (nSPS) is 9.93. The van der Waals surface area contributed by atoms with Crippen LogP contribution in [0.25, 0.3) is 10.9 Å². The van der Waals surface area contributed by atoms with Crippen molar-refractivity contribution in [1.82, 2.24) is 9.78 Å². The summed E-state index contributed by atoms with van der Waals surface area (Å²) in [5, 5.41) is 13.2. The highest BCUT2D eigenvalue weighted by Crippen LogP contribution is 2.16. The molecule has 5 nitrogen and oxygen atoms in total. The molecule has 0 atom stereocenters. The maximum absolute atomic E-state index is 11.0. The van der Waals surface area contributed by atoms with Crippen molar-refractivity contribution >= 4 is 16.9 Å². The number of amides is 1. The monoisotopic (exact) mass is 186 g/mol. The number of aromatic nitrogens is 2. The number of primary amides is 1. The van der Waals surface area contributed by atoms with Gasteiger partial charge in [-0.25, -0.2) is 4.79 Å². The number of nitriles is 1. The molecule has 0 saturated heterocycles. The van der Waals surface area contributed by atoms with Crippen LogP contribution >= 0.6 is 0 Å². The van der Waals surface area contributed by atoms with Crippen molar-refractivity contribution in [1.29, 1.82) is 5.26 Å². The van der Waals surface area contributed by atoms with E-state index >= 15 is 0 Å². The fourth-order valence-corrected chi connectivity index (χ4v) is 1.32. The lowest BCUT2D eigenvalue weighted by Crippen LogP contribution is -2.20. The van der Waals surface area contributed by atoms with Crippen LogP contribution in [0.4, 0.5) is 4.79 Å². The zero-order chi connectivity index (χ0) is 10.1. The third-order valence-corrected chi connectivity index (χ3v) is 1.90. The maximum Gasteiger partial charge on any atom is 0.340 e. The van der Waals surface area contributed by atoms with Crippen molar-refractivity contribution in [2.45, 2.75) is 0 Å². The summed E-state index contributed by atoms with van der Waals surface area (Å²) in [6.07, 6.45) is 0. The number of nitrogens with zero attached hydrogens (tertiary/aromatic N) is 3. The molecule has 1 amide bonds. The van der Waals surface area contributed by atoms with Gasteiger partial charge in [-0.05, 0) is 12.1 Å². The molecule has 0 saturated carbocycles. The number of rotatable bonds is 0. The van der Waals surface area contributed by atoms with Gasteiger partial charge in [0.1, 0.15) is 6.07 Å². The predicted octanol–water partition coefficient (Wildman–Crippen LogP) is 0.835. The zero-order valence-electron chi connectivity index (χ0n) is 7.14. The molecule has 1 aromatic carbocycles. The second-order valence-electron chi connectivity index (χ2n) is 2.73. The summed E-state index contributed by atoms with van der Waals surface area (Å²) in [6, 6.07) is 8.15. The molecule has 1 heterocycles. The number of hydrogen-bond acceptors (Lipinski definition) is 3. The second-order valence-corrected chi connectivity index (χ2v) is 2.73. The van der Waals surface area contributed by atoms with Crippen LogP contribution in [0.5, 0.6) is 0 Å². The highest BCUT2D eigenvalue weighted by atomic mass is 16.2. The molecule has 2 aromatic rings. The van der Waals surface area contributed by atoms with Gasteiger partial charge >= 0.3 is 6.03 Å². The third kappa shape index (κ3) is 1.02. The number of nitrogens with two attached hydrogens (primary N) is 1. The van der Waals surface area contributed by atoms with E-state index in [1.54, 1.807) is 24.3 Å². The van der Waals surface area contributed by atoms with Gasteiger partial charge in [-0.15, -0.1) is 0 Å². The topological polar surface area (TPSA) is 84.7 Å². The van der Waals surface area contributed by atoms with Crippen LogP contribution in [-0.2, 0) is 0 Å². The minimum atomic E-state index is -0.692. The van der Waals surface area contributed by atoms with Crippen LogP contribution in [0.3, 0.4) is 0 Å². The van der Waals surface area contributed by atoms with Crippen LogP contribution in [-0.4, -0.2) is 15.8 Å². The van der Waals surface area contributed by atoms with Crippen molar-refractivity contribution in [3.8, 4) is 6.07 Å². The standard InChI is InChI=1S/C9H6N4O/c10-5-7-6-3-1-2-4-8(6)13(12-7)9(11)14/h1-4H,(H2,11,14). The van der Waals surface area contributed by atoms with E-state index in [9.17, 15) is 4.79 Å². The van der Waals surface area contributed by atoms with E-state index in [0.29, 0.717) is 10.9 Å². The van der Waals surface area contributed by atoms with Crippen molar-refractivity contribution in [3.05, 3.63) is 30.0 Å². The third-order valence-electron chi connectivity index (χ3n) is 1.90. The molecule has 0 unspecified atom stereocenters. The molecule has 1 aromatic heterocycles. The molecule has 0 bridgehead atoms. The lowest BCUT2D eigenvalue weighted by Gasteiger charge is -1.93. The summed E-state index contributed by atoms with van der Waals surface area (Å²) in [7, 11) is 0. The Morgan fingerprint density at radius 2 is 2.21 bits per heavy atom. The summed E-state index contributed by atoms with van der Waals surface area (Å²) in [6.45, 7) is 0. The van der Waals surface area contributed by atoms with E-state index in [-0.39, 0.29) is 5.69 Å². The molecule has 0 aliphatic carbocycles. The quantitative estimate of drug-likeness (QED) is 0.661. The molecule has 14 heavy (non-hydrogen) atoms. The van der Waals surface area contributed by atoms with E-state index in [2.05, 4.69) is 5.10 Å². The first-order valence-corrected chi connectivity index (χ1v) is 3.91. The van der Waals surface area contributed by atoms with Crippen molar-refractivity contribution in [2.24, 2.45) is 5.73 Å². The highest BCUT2D eigenvalue weighted by molar-refractivity contribution is 5.92. The Morgan fingerprint density at radius 1 is 1.50 bits per heavy atom. The van der Waals surface area contributed by atoms with E-state index in [4.69, 9.17) is 11.0 Å². The Hall–Kier alpha value is -2.35. The van der Waals surface area contributed by atoms with Gasteiger partial charge in [0.2, 0.25) is 0 Å². The van der Waals surface area contributed by atoms with Crippen LogP contribution in [0.2, 0.25) is 0 Å². The van der Waals surface area contributed by atoms with Crippen molar-refractivity contribution < 1.29 is 4.79 Å². The summed E-state index contributed by atoms with van der Waals surface area (Å²) in [4.78, 5) is 11.0. The Balaban J connectivity index is 2.88. The first-order valence-electron chi connectivity index (χ1n) is 3.91. The Bertz CT molecular complexity index is 549. The Kier molecular flexibility index (Phi) is 1.68. The fourth-order valence-electron chi connectivity index (χ4n) is 1.32. The molecule has 0 aliphatic heterocycles. The van der Waals surface area contributed by atoms with Crippen LogP contribution < -0.4 is 5.73 Å². The SMILES string of the molecule is N#Cc1nn(C(N)=O)c2ccccc12. The molecule has 0 fully saturated rings. The number of hydrogen-bond donors (Lipinski definition) is 1. The first-order chi connectivity index (χ1) is 6.74. The molecule has 68 valence electrons. The van der Waals surface area contributed by atoms with Crippen molar-refractivity contribution in [3.63, 3.8) is 0 Å². The highest BCUT2D eigenvalue weighted by Gasteiger charge is 2.11. The lowest BCUT2D eigenvalue weighted by molar-refractivity contribution is 0.248. The Morgan fingerprint density at radius 3 is 2.86 bits per heavy atom. The smallest absolute Gasteiger partial charge is 0.340 e. The van der Waals surface area contributed by atoms with E-state index in [0.717, 1.165) is 4.68 Å². The van der Waals surface area contributed by atoms with Gasteiger partial charge in [0, 0.05) is 5.39 Å². The van der Waals surface area contributed by atoms with Crippen LogP contribution in [0, 0.1) is 11.3 Å². The largest absolute Gasteiger partial charge is 0.350 e. The summed E-state index contributed by atoms with van der Waals surface area (Å²) >= 11 is 0. The van der Waals surface area contributed by atoms with Gasteiger partial charge in [-0.3, -0.25) is 0 Å². The zero-order valence-corrected chi connectivity index (χ0v) is 7.14. The average Bonchev–Trinajstić information content (AvgIpc) is 2.56. The maximum atomic E-state index is 11.0. The van der Waals surface area contributed by atoms with Gasteiger partial charge in [0.15, 0.2) is 5.69 Å². The van der Waals surface area contributed by atoms with Gasteiger partial charge in [0.05, 0.1) is 5.52 Å². The van der Waals surface area contributed by atoms with Crippen molar-refractivity contribution in [2.75, 3.05) is 0 Å². The van der Waals surface area contributed by atoms with Crippen LogP contribution in [0.1, 0.15) is 5.69 Å². The molecule has 0 aliphatic rings. The lowest BCUT2D eigenvalue weighted by atomic mass is 10.2. The minimum Gasteiger partial charge on any atom is -0.350 e. The summed E-state index contributed by atoms with van der Waals surface area (Å²) in [5.41, 5.74) is 5.86. The van der Waals surface area contributed by atoms with Gasteiger partial charge < -0.3 is 5.73 Å². The fraction of sp³-hybridized carbons (Fsp3) is 0. The summed E-state index contributed by atoms with van der Waals surface area (Å²) < 4.78 is 1.02. The molecular formula is C9H6N4O. The van der Waals surface area contributed by atoms with Gasteiger partial charge in [-0.1, -0.05) is 12.1 Å².